The van der Waals surface area contributed by atoms with Crippen molar-refractivity contribution in [3.8, 4) is 0 Å². The Morgan fingerprint density at radius 1 is 1.23 bits per heavy atom. The predicted molar refractivity (Wildman–Crippen MR) is 102 cm³/mol. The van der Waals surface area contributed by atoms with Crippen LogP contribution in [0.1, 0.15) is 47.2 Å². The molecule has 0 aliphatic heterocycles. The molecule has 1 aromatic heterocycles. The number of pyridine rings is 1. The van der Waals surface area contributed by atoms with Gasteiger partial charge in [-0.1, -0.05) is 24.3 Å². The fourth-order valence-corrected chi connectivity index (χ4v) is 3.45. The Balaban J connectivity index is 1.57. The number of aryl methyl sites for hydroxylation is 1. The van der Waals surface area contributed by atoms with Crippen LogP contribution < -0.4 is 10.9 Å². The van der Waals surface area contributed by atoms with Crippen molar-refractivity contribution < 1.29 is 9.53 Å². The molecule has 3 rings (SSSR count). The van der Waals surface area contributed by atoms with Crippen molar-refractivity contribution in [3.63, 3.8) is 0 Å². The monoisotopic (exact) mass is 354 g/mol. The lowest BCUT2D eigenvalue weighted by molar-refractivity contribution is 0.0907. The molecule has 0 atom stereocenters. The van der Waals surface area contributed by atoms with E-state index in [1.54, 1.807) is 12.3 Å². The standard InChI is InChI=1S/C21H26N2O3/c1-3-26-11-10-23-14-16(8-9-20(23)24)21(25)22-18-12-17(13-18)19-7-5-4-6-15(19)2/h4-9,14,17-18H,3,10-13H2,1-2H3,(H,22,25). The van der Waals surface area contributed by atoms with Crippen LogP contribution in [0, 0.1) is 6.92 Å². The lowest BCUT2D eigenvalue weighted by atomic mass is 9.74. The molecular formula is C21H26N2O3. The molecule has 5 heteroatoms. The van der Waals surface area contributed by atoms with Gasteiger partial charge in [0.2, 0.25) is 0 Å². The summed E-state index contributed by atoms with van der Waals surface area (Å²) in [5, 5.41) is 3.08. The first-order chi connectivity index (χ1) is 12.6. The second kappa shape index (κ2) is 8.32. The minimum atomic E-state index is -0.122. The number of benzene rings is 1. The first-order valence-corrected chi connectivity index (χ1v) is 9.23. The second-order valence-electron chi connectivity index (χ2n) is 6.84. The molecule has 0 radical (unpaired) electrons. The van der Waals surface area contributed by atoms with Crippen molar-refractivity contribution in [3.05, 3.63) is 69.6 Å². The molecule has 0 bridgehead atoms. The van der Waals surface area contributed by atoms with E-state index in [4.69, 9.17) is 4.74 Å². The Labute approximate surface area is 154 Å². The fraction of sp³-hybridized carbons (Fsp3) is 0.429. The average molecular weight is 354 g/mol. The zero-order chi connectivity index (χ0) is 18.5. The van der Waals surface area contributed by atoms with Crippen LogP contribution in [0.4, 0.5) is 0 Å². The van der Waals surface area contributed by atoms with Gasteiger partial charge in [0.1, 0.15) is 0 Å². The minimum absolute atomic E-state index is 0.121. The predicted octanol–water partition coefficient (Wildman–Crippen LogP) is 2.87. The third kappa shape index (κ3) is 4.22. The van der Waals surface area contributed by atoms with E-state index in [0.717, 1.165) is 12.8 Å². The largest absolute Gasteiger partial charge is 0.380 e. The van der Waals surface area contributed by atoms with Gasteiger partial charge < -0.3 is 14.6 Å². The number of hydrogen-bond donors (Lipinski definition) is 1. The minimum Gasteiger partial charge on any atom is -0.380 e. The maximum Gasteiger partial charge on any atom is 0.252 e. The second-order valence-corrected chi connectivity index (χ2v) is 6.84. The van der Waals surface area contributed by atoms with Crippen LogP contribution in [0.5, 0.6) is 0 Å². The maximum atomic E-state index is 12.5. The highest BCUT2D eigenvalue weighted by Crippen LogP contribution is 2.38. The first kappa shape index (κ1) is 18.4. The summed E-state index contributed by atoms with van der Waals surface area (Å²) in [5.74, 6) is 0.394. The Hall–Kier alpha value is -2.40. The zero-order valence-electron chi connectivity index (χ0n) is 15.4. The Morgan fingerprint density at radius 3 is 2.73 bits per heavy atom. The lowest BCUT2D eigenvalue weighted by Crippen LogP contribution is -2.43. The zero-order valence-corrected chi connectivity index (χ0v) is 15.4. The normalized spacial score (nSPS) is 19.0. The Morgan fingerprint density at radius 2 is 2.00 bits per heavy atom. The van der Waals surface area contributed by atoms with Crippen LogP contribution in [0.3, 0.4) is 0 Å². The molecule has 1 aliphatic carbocycles. The SMILES string of the molecule is CCOCCn1cc(C(=O)NC2CC(c3ccccc3C)C2)ccc1=O. The molecule has 1 saturated carbocycles. The Kier molecular flexibility index (Phi) is 5.89. The third-order valence-electron chi connectivity index (χ3n) is 5.03. The molecule has 0 saturated heterocycles. The van der Waals surface area contributed by atoms with Gasteiger partial charge in [-0.25, -0.2) is 0 Å². The summed E-state index contributed by atoms with van der Waals surface area (Å²) in [4.78, 5) is 24.4. The van der Waals surface area contributed by atoms with E-state index in [9.17, 15) is 9.59 Å². The van der Waals surface area contributed by atoms with Gasteiger partial charge in [-0.05, 0) is 49.8 Å². The summed E-state index contributed by atoms with van der Waals surface area (Å²) in [6, 6.07) is 11.6. The van der Waals surface area contributed by atoms with Gasteiger partial charge in [-0.2, -0.15) is 0 Å². The lowest BCUT2D eigenvalue weighted by Gasteiger charge is -2.37. The van der Waals surface area contributed by atoms with Gasteiger partial charge in [0, 0.05) is 31.5 Å². The van der Waals surface area contributed by atoms with Crippen LogP contribution >= 0.6 is 0 Å². The molecule has 0 spiro atoms. The molecule has 1 amide bonds. The number of amides is 1. The van der Waals surface area contributed by atoms with Gasteiger partial charge >= 0.3 is 0 Å². The van der Waals surface area contributed by atoms with E-state index in [-0.39, 0.29) is 17.5 Å². The number of aromatic nitrogens is 1. The molecule has 1 aliphatic rings. The number of ether oxygens (including phenoxy) is 1. The van der Waals surface area contributed by atoms with E-state index in [1.165, 1.54) is 21.8 Å². The van der Waals surface area contributed by atoms with Crippen LogP contribution in [0.15, 0.2) is 47.4 Å². The molecule has 1 aromatic carbocycles. The molecule has 138 valence electrons. The molecule has 1 N–H and O–H groups in total. The van der Waals surface area contributed by atoms with E-state index in [2.05, 4.69) is 36.5 Å². The van der Waals surface area contributed by atoms with E-state index in [1.807, 2.05) is 6.92 Å². The summed E-state index contributed by atoms with van der Waals surface area (Å²) in [6.07, 6.45) is 3.54. The average Bonchev–Trinajstić information content (AvgIpc) is 2.60. The van der Waals surface area contributed by atoms with E-state index >= 15 is 0 Å². The molecule has 2 aromatic rings. The summed E-state index contributed by atoms with van der Waals surface area (Å²) < 4.78 is 6.82. The van der Waals surface area contributed by atoms with Gasteiger partial charge in [0.25, 0.3) is 11.5 Å². The fourth-order valence-electron chi connectivity index (χ4n) is 3.45. The quantitative estimate of drug-likeness (QED) is 0.778. The number of nitrogens with one attached hydrogen (secondary N) is 1. The van der Waals surface area contributed by atoms with Crippen molar-refractivity contribution in [2.75, 3.05) is 13.2 Å². The third-order valence-corrected chi connectivity index (χ3v) is 5.03. The first-order valence-electron chi connectivity index (χ1n) is 9.23. The Bertz CT molecular complexity index is 822. The van der Waals surface area contributed by atoms with E-state index in [0.29, 0.717) is 31.2 Å². The van der Waals surface area contributed by atoms with Crippen molar-refractivity contribution in [1.29, 1.82) is 0 Å². The van der Waals surface area contributed by atoms with Crippen molar-refractivity contribution in [2.45, 2.75) is 45.2 Å². The molecule has 1 fully saturated rings. The smallest absolute Gasteiger partial charge is 0.252 e. The number of hydrogen-bond acceptors (Lipinski definition) is 3. The number of nitrogens with zero attached hydrogens (tertiary/aromatic N) is 1. The highest BCUT2D eigenvalue weighted by atomic mass is 16.5. The highest BCUT2D eigenvalue weighted by Gasteiger charge is 2.32. The number of rotatable bonds is 7. The number of carbonyl (C=O) groups is 1. The van der Waals surface area contributed by atoms with E-state index < -0.39 is 0 Å². The van der Waals surface area contributed by atoms with Crippen LogP contribution in [0.2, 0.25) is 0 Å². The molecular weight excluding hydrogens is 328 g/mol. The summed E-state index contributed by atoms with van der Waals surface area (Å²) in [7, 11) is 0. The van der Waals surface area contributed by atoms with Crippen LogP contribution in [-0.2, 0) is 11.3 Å². The molecule has 5 nitrogen and oxygen atoms in total. The van der Waals surface area contributed by atoms with Crippen LogP contribution in [-0.4, -0.2) is 29.7 Å². The van der Waals surface area contributed by atoms with Gasteiger partial charge in [0.15, 0.2) is 0 Å². The maximum absolute atomic E-state index is 12.5. The summed E-state index contributed by atoms with van der Waals surface area (Å²) in [6.45, 7) is 5.57. The highest BCUT2D eigenvalue weighted by molar-refractivity contribution is 5.94. The summed E-state index contributed by atoms with van der Waals surface area (Å²) >= 11 is 0. The van der Waals surface area contributed by atoms with Crippen molar-refractivity contribution in [2.24, 2.45) is 0 Å². The van der Waals surface area contributed by atoms with Crippen molar-refractivity contribution >= 4 is 5.91 Å². The molecule has 26 heavy (non-hydrogen) atoms. The van der Waals surface area contributed by atoms with Gasteiger partial charge in [-0.15, -0.1) is 0 Å². The number of carbonyl (C=O) groups excluding carboxylic acids is 1. The van der Waals surface area contributed by atoms with Crippen LogP contribution in [0.25, 0.3) is 0 Å². The molecule has 0 unspecified atom stereocenters. The van der Waals surface area contributed by atoms with Crippen molar-refractivity contribution in [1.82, 2.24) is 9.88 Å². The summed E-state index contributed by atoms with van der Waals surface area (Å²) in [5.41, 5.74) is 3.08. The van der Waals surface area contributed by atoms with Gasteiger partial charge in [-0.3, -0.25) is 9.59 Å². The van der Waals surface area contributed by atoms with Gasteiger partial charge in [0.05, 0.1) is 12.2 Å². The molecule has 1 heterocycles. The topological polar surface area (TPSA) is 60.3 Å².